The third-order valence-electron chi connectivity index (χ3n) is 11.1. The van der Waals surface area contributed by atoms with E-state index in [1.807, 2.05) is 20.8 Å². The van der Waals surface area contributed by atoms with E-state index in [9.17, 15) is 14.4 Å². The zero-order chi connectivity index (χ0) is 27.8. The predicted octanol–water partition coefficient (Wildman–Crippen LogP) is 7.13. The van der Waals surface area contributed by atoms with Crippen LogP contribution in [0.5, 0.6) is 0 Å². The summed E-state index contributed by atoms with van der Waals surface area (Å²) in [7, 11) is 0. The molecule has 0 N–H and O–H groups in total. The Morgan fingerprint density at radius 2 is 1.76 bits per heavy atom. The number of rotatable bonds is 4. The van der Waals surface area contributed by atoms with Gasteiger partial charge in [0.05, 0.1) is 11.7 Å². The highest BCUT2D eigenvalue weighted by Crippen LogP contribution is 2.68. The first-order valence-corrected chi connectivity index (χ1v) is 14.5. The van der Waals surface area contributed by atoms with E-state index in [-0.39, 0.29) is 52.0 Å². The van der Waals surface area contributed by atoms with Gasteiger partial charge >= 0.3 is 0 Å². The minimum Gasteiger partial charge on any atom is -0.374 e. The van der Waals surface area contributed by atoms with Crippen molar-refractivity contribution >= 4 is 17.3 Å². The molecule has 1 fully saturated rings. The van der Waals surface area contributed by atoms with E-state index >= 15 is 0 Å². The molecule has 0 saturated heterocycles. The Labute approximate surface area is 228 Å². The molecule has 4 aliphatic rings. The van der Waals surface area contributed by atoms with Crippen LogP contribution in [-0.2, 0) is 20.7 Å². The smallest absolute Gasteiger partial charge is 0.173 e. The summed E-state index contributed by atoms with van der Waals surface area (Å²) < 4.78 is 5.83. The molecule has 4 heteroatoms. The zero-order valence-corrected chi connectivity index (χ0v) is 24.5. The minimum atomic E-state index is -0.753. The summed E-state index contributed by atoms with van der Waals surface area (Å²) >= 11 is 0. The Morgan fingerprint density at radius 1 is 1.05 bits per heavy atom. The fourth-order valence-electron chi connectivity index (χ4n) is 9.33. The standard InChI is InChI=1S/C34H44O4/c1-9-38-24-13-11-23(12-14-24)25-15-10-19(2)28-26(25)17-32(6)18-33(7)16-20(3)27(22(5)35)31(37)34(33,8)21(4)29(32)30(28)36/h10-11,13,15,21,23-24,29H,9,12,14,16-18H2,1-8H3. The van der Waals surface area contributed by atoms with Crippen LogP contribution < -0.4 is 0 Å². The van der Waals surface area contributed by atoms with E-state index in [1.165, 1.54) is 18.1 Å². The van der Waals surface area contributed by atoms with Crippen molar-refractivity contribution in [1.29, 1.82) is 0 Å². The maximum Gasteiger partial charge on any atom is 0.173 e. The minimum absolute atomic E-state index is 0.0499. The van der Waals surface area contributed by atoms with E-state index < -0.39 is 5.41 Å². The number of benzene rings is 1. The van der Waals surface area contributed by atoms with Gasteiger partial charge in [-0.15, -0.1) is 0 Å². The molecule has 0 bridgehead atoms. The Bertz CT molecular complexity index is 1280. The molecule has 1 aromatic rings. The maximum absolute atomic E-state index is 14.5. The van der Waals surface area contributed by atoms with E-state index in [4.69, 9.17) is 4.74 Å². The molecule has 0 aromatic heterocycles. The van der Waals surface area contributed by atoms with Crippen molar-refractivity contribution in [2.24, 2.45) is 28.1 Å². The summed E-state index contributed by atoms with van der Waals surface area (Å²) in [5.41, 5.74) is 4.38. The lowest BCUT2D eigenvalue weighted by Crippen LogP contribution is -2.64. The quantitative estimate of drug-likeness (QED) is 0.316. The summed E-state index contributed by atoms with van der Waals surface area (Å²) in [5.74, 6) is -0.127. The normalized spacial score (nSPS) is 38.5. The lowest BCUT2D eigenvalue weighted by Gasteiger charge is -2.64. The highest BCUT2D eigenvalue weighted by molar-refractivity contribution is 6.23. The van der Waals surface area contributed by atoms with Crippen molar-refractivity contribution in [1.82, 2.24) is 0 Å². The van der Waals surface area contributed by atoms with Gasteiger partial charge in [-0.25, -0.2) is 0 Å². The highest BCUT2D eigenvalue weighted by atomic mass is 16.5. The van der Waals surface area contributed by atoms with Crippen LogP contribution in [0.4, 0.5) is 0 Å². The molecule has 0 radical (unpaired) electrons. The first-order valence-electron chi connectivity index (χ1n) is 14.5. The summed E-state index contributed by atoms with van der Waals surface area (Å²) in [6.07, 6.45) is 9.04. The number of carbonyl (C=O) groups excluding carboxylic acids is 3. The number of aryl methyl sites for hydroxylation is 1. The van der Waals surface area contributed by atoms with Gasteiger partial charge in [0.25, 0.3) is 0 Å². The van der Waals surface area contributed by atoms with Gasteiger partial charge in [0.15, 0.2) is 17.3 Å². The molecule has 5 rings (SSSR count). The average Bonchev–Trinajstić information content (AvgIpc) is 2.82. The predicted molar refractivity (Wildman–Crippen MR) is 150 cm³/mol. The molecule has 7 unspecified atom stereocenters. The summed E-state index contributed by atoms with van der Waals surface area (Å²) in [5, 5.41) is 0. The van der Waals surface area contributed by atoms with Gasteiger partial charge in [-0.3, -0.25) is 14.4 Å². The molecule has 4 aliphatic carbocycles. The second kappa shape index (κ2) is 9.11. The van der Waals surface area contributed by atoms with Crippen molar-refractivity contribution in [3.05, 3.63) is 57.7 Å². The van der Waals surface area contributed by atoms with Gasteiger partial charge in [-0.2, -0.15) is 0 Å². The molecular formula is C34H44O4. The van der Waals surface area contributed by atoms with Crippen molar-refractivity contribution < 1.29 is 19.1 Å². The van der Waals surface area contributed by atoms with Crippen molar-refractivity contribution in [3.63, 3.8) is 0 Å². The lowest BCUT2D eigenvalue weighted by atomic mass is 9.37. The van der Waals surface area contributed by atoms with Gasteiger partial charge in [0.1, 0.15) is 0 Å². The van der Waals surface area contributed by atoms with Gasteiger partial charge in [-0.05, 0) is 93.2 Å². The Balaban J connectivity index is 1.61. The number of ketones is 3. The highest BCUT2D eigenvalue weighted by Gasteiger charge is 2.67. The molecule has 38 heavy (non-hydrogen) atoms. The number of ether oxygens (including phenoxy) is 1. The molecule has 7 atom stereocenters. The fourth-order valence-corrected chi connectivity index (χ4v) is 9.33. The van der Waals surface area contributed by atoms with Crippen molar-refractivity contribution in [2.75, 3.05) is 6.61 Å². The number of fused-ring (bicyclic) bond motifs is 3. The third-order valence-corrected chi connectivity index (χ3v) is 11.1. The largest absolute Gasteiger partial charge is 0.374 e. The Kier molecular flexibility index (Phi) is 6.53. The van der Waals surface area contributed by atoms with Crippen LogP contribution in [0.3, 0.4) is 0 Å². The molecule has 1 aromatic carbocycles. The van der Waals surface area contributed by atoms with E-state index in [1.54, 1.807) is 0 Å². The number of Topliss-reactive ketones (excluding diaryl/α,β-unsaturated/α-hetero) is 3. The topological polar surface area (TPSA) is 60.4 Å². The molecule has 1 saturated carbocycles. The van der Waals surface area contributed by atoms with Crippen LogP contribution in [-0.4, -0.2) is 30.1 Å². The zero-order valence-electron chi connectivity index (χ0n) is 24.5. The summed E-state index contributed by atoms with van der Waals surface area (Å²) in [6, 6.07) is 4.36. The van der Waals surface area contributed by atoms with Crippen LogP contribution >= 0.6 is 0 Å². The summed E-state index contributed by atoms with van der Waals surface area (Å²) in [4.78, 5) is 41.2. The molecule has 204 valence electrons. The van der Waals surface area contributed by atoms with Gasteiger partial charge < -0.3 is 4.74 Å². The number of allylic oxidation sites excluding steroid dienone is 3. The molecule has 0 amide bonds. The van der Waals surface area contributed by atoms with Gasteiger partial charge in [0, 0.05) is 29.4 Å². The van der Waals surface area contributed by atoms with Crippen LogP contribution in [0.1, 0.15) is 107 Å². The van der Waals surface area contributed by atoms with E-state index in [0.717, 1.165) is 55.4 Å². The summed E-state index contributed by atoms with van der Waals surface area (Å²) in [6.45, 7) is 16.9. The molecule has 4 nitrogen and oxygen atoms in total. The molecular weight excluding hydrogens is 472 g/mol. The fraction of sp³-hybridized carbons (Fsp3) is 0.618. The van der Waals surface area contributed by atoms with Crippen molar-refractivity contribution in [2.45, 2.75) is 99.5 Å². The monoisotopic (exact) mass is 516 g/mol. The van der Waals surface area contributed by atoms with E-state index in [0.29, 0.717) is 5.57 Å². The van der Waals surface area contributed by atoms with Gasteiger partial charge in [0.2, 0.25) is 0 Å². The van der Waals surface area contributed by atoms with Crippen LogP contribution in [0.2, 0.25) is 0 Å². The number of hydrogen-bond acceptors (Lipinski definition) is 4. The second-order valence-electron chi connectivity index (χ2n) is 13.5. The number of hydrogen-bond donors (Lipinski definition) is 0. The van der Waals surface area contributed by atoms with Gasteiger partial charge in [-0.1, -0.05) is 57.6 Å². The number of carbonyl (C=O) groups is 3. The maximum atomic E-state index is 14.5. The molecule has 0 spiro atoms. The molecule has 0 heterocycles. The SMILES string of the molecule is CCOC1C=CC(c2ccc(C)c3c2CC2(C)CC4(C)CC(C)=C(C(C)=O)C(=O)C4(C)C(C)C2C3=O)CC1. The average molecular weight is 517 g/mol. The second-order valence-corrected chi connectivity index (χ2v) is 13.5. The lowest BCUT2D eigenvalue weighted by molar-refractivity contribution is -0.159. The third kappa shape index (κ3) is 3.69. The van der Waals surface area contributed by atoms with Crippen LogP contribution in [0, 0.1) is 35.0 Å². The van der Waals surface area contributed by atoms with E-state index in [2.05, 4.69) is 52.0 Å². The molecule has 0 aliphatic heterocycles. The Morgan fingerprint density at radius 3 is 2.37 bits per heavy atom. The van der Waals surface area contributed by atoms with Crippen LogP contribution in [0.25, 0.3) is 0 Å². The first-order chi connectivity index (χ1) is 17.8. The van der Waals surface area contributed by atoms with Crippen molar-refractivity contribution in [3.8, 4) is 0 Å². The Hall–Kier alpha value is -2.33. The van der Waals surface area contributed by atoms with Crippen LogP contribution in [0.15, 0.2) is 35.4 Å². The first kappa shape index (κ1) is 27.2.